The fraction of sp³-hybridized carbons (Fsp3) is 0.231. The third-order valence-electron chi connectivity index (χ3n) is 2.84. The van der Waals surface area contributed by atoms with E-state index in [-0.39, 0.29) is 4.90 Å². The summed E-state index contributed by atoms with van der Waals surface area (Å²) in [5.74, 6) is 0. The van der Waals surface area contributed by atoms with E-state index in [0.717, 1.165) is 24.0 Å². The van der Waals surface area contributed by atoms with Crippen molar-refractivity contribution < 1.29 is 13.0 Å². The Morgan fingerprint density at radius 2 is 2.00 bits per heavy atom. The van der Waals surface area contributed by atoms with Crippen molar-refractivity contribution in [3.05, 3.63) is 51.7 Å². The van der Waals surface area contributed by atoms with Gasteiger partial charge >= 0.3 is 0 Å². The number of rotatable bonds is 4. The van der Waals surface area contributed by atoms with E-state index < -0.39 is 10.1 Å². The fourth-order valence-electron chi connectivity index (χ4n) is 1.79. The molecule has 0 aliphatic heterocycles. The Labute approximate surface area is 111 Å². The van der Waals surface area contributed by atoms with Gasteiger partial charge in [-0.1, -0.05) is 12.1 Å². The molecule has 2 aromatic rings. The molecule has 0 atom stereocenters. The van der Waals surface area contributed by atoms with E-state index in [9.17, 15) is 8.42 Å². The third kappa shape index (κ3) is 3.19. The lowest BCUT2D eigenvalue weighted by atomic mass is 10.0. The minimum Gasteiger partial charge on any atom is -0.282 e. The molecule has 2 rings (SSSR count). The summed E-state index contributed by atoms with van der Waals surface area (Å²) < 4.78 is 31.2. The molecule has 0 radical (unpaired) electrons. The molecule has 96 valence electrons. The standard InChI is InChI=1S/C13H14O3S2/c1-10-4-7-13(18(14,15)16)9-11(10)5-6-12-3-2-8-17-12/h2-4,7-9H,5-6H2,1H3,(H,14,15,16). The number of hydrogen-bond donors (Lipinski definition) is 1. The van der Waals surface area contributed by atoms with Crippen LogP contribution in [0.4, 0.5) is 0 Å². The van der Waals surface area contributed by atoms with Gasteiger partial charge in [-0.05, 0) is 54.5 Å². The average Bonchev–Trinajstić information content (AvgIpc) is 2.79. The second-order valence-corrected chi connectivity index (χ2v) is 6.60. The van der Waals surface area contributed by atoms with Crippen LogP contribution in [-0.2, 0) is 23.0 Å². The van der Waals surface area contributed by atoms with Crippen molar-refractivity contribution >= 4 is 21.5 Å². The second kappa shape index (κ2) is 5.22. The first-order valence-corrected chi connectivity index (χ1v) is 7.88. The lowest BCUT2D eigenvalue weighted by molar-refractivity contribution is 0.483. The summed E-state index contributed by atoms with van der Waals surface area (Å²) in [6.45, 7) is 1.94. The first kappa shape index (κ1) is 13.3. The largest absolute Gasteiger partial charge is 0.294 e. The van der Waals surface area contributed by atoms with Crippen molar-refractivity contribution in [2.45, 2.75) is 24.7 Å². The highest BCUT2D eigenvalue weighted by Crippen LogP contribution is 2.19. The fourth-order valence-corrected chi connectivity index (χ4v) is 3.03. The summed E-state index contributed by atoms with van der Waals surface area (Å²) in [5, 5.41) is 2.02. The maximum Gasteiger partial charge on any atom is 0.294 e. The van der Waals surface area contributed by atoms with Crippen LogP contribution in [-0.4, -0.2) is 13.0 Å². The Bertz CT molecular complexity index is 628. The summed E-state index contributed by atoms with van der Waals surface area (Å²) >= 11 is 1.69. The van der Waals surface area contributed by atoms with Gasteiger partial charge in [0.25, 0.3) is 10.1 Å². The van der Waals surface area contributed by atoms with Crippen molar-refractivity contribution in [3.8, 4) is 0 Å². The van der Waals surface area contributed by atoms with Gasteiger partial charge in [0.15, 0.2) is 0 Å². The lowest BCUT2D eigenvalue weighted by Crippen LogP contribution is -2.01. The van der Waals surface area contributed by atoms with Gasteiger partial charge in [0.2, 0.25) is 0 Å². The number of thiophene rings is 1. The second-order valence-electron chi connectivity index (χ2n) is 4.14. The van der Waals surface area contributed by atoms with E-state index in [1.54, 1.807) is 23.5 Å². The van der Waals surface area contributed by atoms with Crippen molar-refractivity contribution in [1.29, 1.82) is 0 Å². The molecular formula is C13H14O3S2. The highest BCUT2D eigenvalue weighted by molar-refractivity contribution is 7.85. The van der Waals surface area contributed by atoms with Crippen molar-refractivity contribution in [1.82, 2.24) is 0 Å². The predicted molar refractivity (Wildman–Crippen MR) is 72.7 cm³/mol. The molecule has 1 N–H and O–H groups in total. The van der Waals surface area contributed by atoms with Crippen LogP contribution in [0.2, 0.25) is 0 Å². The van der Waals surface area contributed by atoms with E-state index in [2.05, 4.69) is 6.07 Å². The van der Waals surface area contributed by atoms with Crippen LogP contribution < -0.4 is 0 Å². The molecule has 0 bridgehead atoms. The summed E-state index contributed by atoms with van der Waals surface area (Å²) in [6, 6.07) is 8.78. The maximum absolute atomic E-state index is 11.1. The van der Waals surface area contributed by atoms with E-state index in [4.69, 9.17) is 4.55 Å². The molecule has 0 saturated carbocycles. The Hall–Kier alpha value is -1.17. The highest BCUT2D eigenvalue weighted by atomic mass is 32.2. The van der Waals surface area contributed by atoms with Crippen molar-refractivity contribution in [2.75, 3.05) is 0 Å². The first-order valence-electron chi connectivity index (χ1n) is 5.56. The molecule has 0 aliphatic rings. The molecule has 0 aliphatic carbocycles. The summed E-state index contributed by atoms with van der Waals surface area (Å²) in [5.41, 5.74) is 2.00. The van der Waals surface area contributed by atoms with Crippen LogP contribution in [0.25, 0.3) is 0 Å². The van der Waals surface area contributed by atoms with E-state index >= 15 is 0 Å². The van der Waals surface area contributed by atoms with Crippen LogP contribution >= 0.6 is 11.3 Å². The van der Waals surface area contributed by atoms with E-state index in [0.29, 0.717) is 0 Å². The Kier molecular flexibility index (Phi) is 3.85. The molecule has 0 fully saturated rings. The molecule has 0 spiro atoms. The lowest BCUT2D eigenvalue weighted by Gasteiger charge is -2.07. The summed E-state index contributed by atoms with van der Waals surface area (Å²) in [7, 11) is -4.11. The molecule has 1 aromatic heterocycles. The Balaban J connectivity index is 2.22. The van der Waals surface area contributed by atoms with Gasteiger partial charge in [0.05, 0.1) is 4.90 Å². The molecule has 0 amide bonds. The van der Waals surface area contributed by atoms with Gasteiger partial charge in [0.1, 0.15) is 0 Å². The molecule has 18 heavy (non-hydrogen) atoms. The minimum atomic E-state index is -4.11. The zero-order chi connectivity index (χ0) is 13.2. The van der Waals surface area contributed by atoms with Gasteiger partial charge < -0.3 is 0 Å². The monoisotopic (exact) mass is 282 g/mol. The van der Waals surface area contributed by atoms with Crippen LogP contribution in [0, 0.1) is 6.92 Å². The molecule has 1 aromatic carbocycles. The van der Waals surface area contributed by atoms with E-state index in [1.165, 1.54) is 10.9 Å². The van der Waals surface area contributed by atoms with Crippen LogP contribution in [0.3, 0.4) is 0 Å². The summed E-state index contributed by atoms with van der Waals surface area (Å²) in [6.07, 6.45) is 1.66. The molecule has 5 heteroatoms. The minimum absolute atomic E-state index is 0.0331. The van der Waals surface area contributed by atoms with E-state index in [1.807, 2.05) is 18.4 Å². The highest BCUT2D eigenvalue weighted by Gasteiger charge is 2.11. The molecule has 0 unspecified atom stereocenters. The zero-order valence-corrected chi connectivity index (χ0v) is 11.6. The smallest absolute Gasteiger partial charge is 0.282 e. The van der Waals surface area contributed by atoms with Crippen molar-refractivity contribution in [2.24, 2.45) is 0 Å². The molecule has 3 nitrogen and oxygen atoms in total. The Morgan fingerprint density at radius 3 is 2.61 bits per heavy atom. The van der Waals surface area contributed by atoms with Crippen LogP contribution in [0.15, 0.2) is 40.6 Å². The average molecular weight is 282 g/mol. The number of hydrogen-bond acceptors (Lipinski definition) is 3. The first-order chi connectivity index (χ1) is 8.47. The molecule has 1 heterocycles. The topological polar surface area (TPSA) is 54.4 Å². The normalized spacial score (nSPS) is 11.7. The molecular weight excluding hydrogens is 268 g/mol. The Morgan fingerprint density at radius 1 is 1.22 bits per heavy atom. The predicted octanol–water partition coefficient (Wildman–Crippen LogP) is 3.09. The quantitative estimate of drug-likeness (QED) is 0.877. The van der Waals surface area contributed by atoms with Gasteiger partial charge in [-0.3, -0.25) is 4.55 Å². The maximum atomic E-state index is 11.1. The van der Waals surface area contributed by atoms with Gasteiger partial charge in [0, 0.05) is 4.88 Å². The molecule has 0 saturated heterocycles. The van der Waals surface area contributed by atoms with Crippen molar-refractivity contribution in [3.63, 3.8) is 0 Å². The number of aryl methyl sites for hydroxylation is 3. The third-order valence-corrected chi connectivity index (χ3v) is 4.63. The SMILES string of the molecule is Cc1ccc(S(=O)(=O)O)cc1CCc1cccs1. The van der Waals surface area contributed by atoms with Crippen LogP contribution in [0.5, 0.6) is 0 Å². The van der Waals surface area contributed by atoms with Gasteiger partial charge in [-0.2, -0.15) is 8.42 Å². The zero-order valence-electron chi connectivity index (χ0n) is 9.96. The van der Waals surface area contributed by atoms with Gasteiger partial charge in [-0.25, -0.2) is 0 Å². The number of benzene rings is 1. The summed E-state index contributed by atoms with van der Waals surface area (Å²) in [4.78, 5) is 1.24. The van der Waals surface area contributed by atoms with Crippen LogP contribution in [0.1, 0.15) is 16.0 Å². The van der Waals surface area contributed by atoms with Gasteiger partial charge in [-0.15, -0.1) is 11.3 Å².